The number of halogens is 3. The number of nitrogens with one attached hydrogen (secondary N) is 1. The maximum absolute atomic E-state index is 12.1. The van der Waals surface area contributed by atoms with Crippen LogP contribution in [0.5, 0.6) is 11.5 Å². The first-order chi connectivity index (χ1) is 13.7. The largest absolute Gasteiger partial charge is 0.573 e. The second-order valence-corrected chi connectivity index (χ2v) is 5.92. The van der Waals surface area contributed by atoms with Crippen molar-refractivity contribution < 1.29 is 32.2 Å². The second kappa shape index (κ2) is 9.63. The molecule has 0 saturated carbocycles. The van der Waals surface area contributed by atoms with E-state index in [4.69, 9.17) is 4.74 Å². The van der Waals surface area contributed by atoms with Crippen molar-refractivity contribution in [3.8, 4) is 11.5 Å². The van der Waals surface area contributed by atoms with Crippen molar-refractivity contribution in [3.05, 3.63) is 60.2 Å². The van der Waals surface area contributed by atoms with Crippen LogP contribution in [-0.2, 0) is 9.59 Å². The van der Waals surface area contributed by atoms with Gasteiger partial charge >= 0.3 is 6.36 Å². The third-order valence-electron chi connectivity index (χ3n) is 3.64. The molecule has 0 unspecified atom stereocenters. The van der Waals surface area contributed by atoms with Crippen LogP contribution in [-0.4, -0.2) is 43.8 Å². The first kappa shape index (κ1) is 21.8. The van der Waals surface area contributed by atoms with Crippen LogP contribution in [0.2, 0.25) is 0 Å². The topological polar surface area (TPSA) is 67.9 Å². The molecule has 0 aromatic heterocycles. The van der Waals surface area contributed by atoms with Crippen LogP contribution in [0.15, 0.2) is 54.6 Å². The molecule has 2 rings (SSSR count). The number of rotatable bonds is 7. The van der Waals surface area contributed by atoms with E-state index in [0.29, 0.717) is 17.0 Å². The molecule has 0 aliphatic heterocycles. The number of carbonyl (C=O) groups is 2. The van der Waals surface area contributed by atoms with E-state index >= 15 is 0 Å². The molecule has 0 heterocycles. The Hall–Kier alpha value is -3.49. The average molecular weight is 408 g/mol. The molecule has 0 bridgehead atoms. The number of hydrogen-bond acceptors (Lipinski definition) is 4. The maximum Gasteiger partial charge on any atom is 0.573 e. The molecule has 0 fully saturated rings. The summed E-state index contributed by atoms with van der Waals surface area (Å²) in [4.78, 5) is 25.4. The van der Waals surface area contributed by atoms with Crippen molar-refractivity contribution in [3.63, 3.8) is 0 Å². The Morgan fingerprint density at radius 3 is 2.41 bits per heavy atom. The summed E-state index contributed by atoms with van der Waals surface area (Å²) in [5.74, 6) is -0.605. The van der Waals surface area contributed by atoms with Gasteiger partial charge in [0, 0.05) is 24.9 Å². The lowest BCUT2D eigenvalue weighted by molar-refractivity contribution is -0.274. The number of anilines is 1. The van der Waals surface area contributed by atoms with Crippen molar-refractivity contribution in [1.29, 1.82) is 0 Å². The lowest BCUT2D eigenvalue weighted by Gasteiger charge is -2.15. The number of methoxy groups -OCH3 is 1. The predicted octanol–water partition coefficient (Wildman–Crippen LogP) is 3.70. The van der Waals surface area contributed by atoms with E-state index in [1.807, 2.05) is 0 Å². The van der Waals surface area contributed by atoms with E-state index in [1.54, 1.807) is 24.3 Å². The van der Waals surface area contributed by atoms with Crippen LogP contribution in [0.4, 0.5) is 18.9 Å². The van der Waals surface area contributed by atoms with Crippen molar-refractivity contribution in [2.24, 2.45) is 0 Å². The molecule has 0 atom stereocenters. The standard InChI is InChI=1S/C20H19F3N2O4/c1-25(13-18(26)24-15-4-3-5-17(12-15)28-2)19(27)11-8-14-6-9-16(10-7-14)29-20(21,22)23/h3-12H,13H2,1-2H3,(H,24,26)/b11-8+. The van der Waals surface area contributed by atoms with Crippen LogP contribution in [0.25, 0.3) is 6.08 Å². The van der Waals surface area contributed by atoms with Crippen LogP contribution in [0.1, 0.15) is 5.56 Å². The number of hydrogen-bond donors (Lipinski definition) is 1. The zero-order chi connectivity index (χ0) is 21.4. The summed E-state index contributed by atoms with van der Waals surface area (Å²) in [7, 11) is 2.97. The molecule has 2 amide bonds. The van der Waals surface area contributed by atoms with Gasteiger partial charge in [-0.2, -0.15) is 0 Å². The lowest BCUT2D eigenvalue weighted by atomic mass is 10.2. The van der Waals surface area contributed by atoms with Gasteiger partial charge in [-0.25, -0.2) is 0 Å². The molecule has 0 spiro atoms. The molecule has 1 N–H and O–H groups in total. The van der Waals surface area contributed by atoms with Gasteiger partial charge in [-0.05, 0) is 35.9 Å². The number of alkyl halides is 3. The van der Waals surface area contributed by atoms with Gasteiger partial charge in [0.1, 0.15) is 11.5 Å². The van der Waals surface area contributed by atoms with Crippen LogP contribution >= 0.6 is 0 Å². The van der Waals surface area contributed by atoms with Crippen LogP contribution in [0, 0.1) is 0 Å². The van der Waals surface area contributed by atoms with E-state index in [-0.39, 0.29) is 12.3 Å². The molecule has 154 valence electrons. The Balaban J connectivity index is 1.88. The van der Waals surface area contributed by atoms with Gasteiger partial charge in [-0.15, -0.1) is 13.2 Å². The van der Waals surface area contributed by atoms with E-state index in [1.165, 1.54) is 43.3 Å². The van der Waals surface area contributed by atoms with E-state index in [2.05, 4.69) is 10.1 Å². The molecular formula is C20H19F3N2O4. The minimum atomic E-state index is -4.76. The summed E-state index contributed by atoms with van der Waals surface area (Å²) in [5, 5.41) is 2.66. The van der Waals surface area contributed by atoms with Crippen molar-refractivity contribution in [1.82, 2.24) is 4.90 Å². The summed E-state index contributed by atoms with van der Waals surface area (Å²) in [6.07, 6.45) is -2.11. The number of amides is 2. The average Bonchev–Trinajstić information content (AvgIpc) is 2.66. The summed E-state index contributed by atoms with van der Waals surface area (Å²) in [5.41, 5.74) is 1.04. The Labute approximate surface area is 165 Å². The van der Waals surface area contributed by atoms with Gasteiger partial charge < -0.3 is 19.7 Å². The van der Waals surface area contributed by atoms with Crippen LogP contribution < -0.4 is 14.8 Å². The molecule has 0 radical (unpaired) electrons. The molecular weight excluding hydrogens is 389 g/mol. The van der Waals surface area contributed by atoms with Gasteiger partial charge in [0.2, 0.25) is 11.8 Å². The van der Waals surface area contributed by atoms with Crippen molar-refractivity contribution in [2.45, 2.75) is 6.36 Å². The molecule has 0 saturated heterocycles. The molecule has 2 aromatic rings. The Bertz CT molecular complexity index is 880. The van der Waals surface area contributed by atoms with Gasteiger partial charge in [-0.1, -0.05) is 18.2 Å². The van der Waals surface area contributed by atoms with Crippen LogP contribution in [0.3, 0.4) is 0 Å². The fourth-order valence-electron chi connectivity index (χ4n) is 2.27. The minimum Gasteiger partial charge on any atom is -0.497 e. The first-order valence-corrected chi connectivity index (χ1v) is 8.39. The number of likely N-dealkylation sites (N-methyl/N-ethyl adjacent to an activating group) is 1. The monoisotopic (exact) mass is 408 g/mol. The van der Waals surface area contributed by atoms with Crippen molar-refractivity contribution >= 4 is 23.6 Å². The van der Waals surface area contributed by atoms with Crippen molar-refractivity contribution in [2.75, 3.05) is 26.0 Å². The molecule has 6 nitrogen and oxygen atoms in total. The SMILES string of the molecule is COc1cccc(NC(=O)CN(C)C(=O)/C=C/c2ccc(OC(F)(F)F)cc2)c1. The molecule has 0 aliphatic carbocycles. The van der Waals surface area contributed by atoms with E-state index < -0.39 is 18.2 Å². The van der Waals surface area contributed by atoms with Gasteiger partial charge in [0.15, 0.2) is 0 Å². The number of benzene rings is 2. The highest BCUT2D eigenvalue weighted by molar-refractivity contribution is 5.98. The third kappa shape index (κ3) is 7.57. The molecule has 9 heteroatoms. The Morgan fingerprint density at radius 1 is 1.10 bits per heavy atom. The molecule has 0 aliphatic rings. The number of ether oxygens (including phenoxy) is 2. The van der Waals surface area contributed by atoms with E-state index in [9.17, 15) is 22.8 Å². The van der Waals surface area contributed by atoms with Gasteiger partial charge in [0.25, 0.3) is 0 Å². The summed E-state index contributed by atoms with van der Waals surface area (Å²) in [6, 6.07) is 11.8. The zero-order valence-electron chi connectivity index (χ0n) is 15.7. The second-order valence-electron chi connectivity index (χ2n) is 5.92. The maximum atomic E-state index is 12.1. The summed E-state index contributed by atoms with van der Waals surface area (Å²) >= 11 is 0. The number of nitrogens with zero attached hydrogens (tertiary/aromatic N) is 1. The highest BCUT2D eigenvalue weighted by atomic mass is 19.4. The predicted molar refractivity (Wildman–Crippen MR) is 101 cm³/mol. The van der Waals surface area contributed by atoms with Gasteiger partial charge in [-0.3, -0.25) is 9.59 Å². The van der Waals surface area contributed by atoms with E-state index in [0.717, 1.165) is 12.1 Å². The fraction of sp³-hybridized carbons (Fsp3) is 0.200. The smallest absolute Gasteiger partial charge is 0.497 e. The highest BCUT2D eigenvalue weighted by Crippen LogP contribution is 2.23. The Morgan fingerprint density at radius 2 is 1.79 bits per heavy atom. The van der Waals surface area contributed by atoms with Gasteiger partial charge in [0.05, 0.1) is 13.7 Å². The molecule has 2 aromatic carbocycles. The summed E-state index contributed by atoms with van der Waals surface area (Å²) < 4.78 is 45.3. The summed E-state index contributed by atoms with van der Waals surface area (Å²) in [6.45, 7) is -0.182. The third-order valence-corrected chi connectivity index (χ3v) is 3.64. The lowest BCUT2D eigenvalue weighted by Crippen LogP contribution is -2.33. The first-order valence-electron chi connectivity index (χ1n) is 8.39. The normalized spacial score (nSPS) is 11.2. The quantitative estimate of drug-likeness (QED) is 0.710. The zero-order valence-corrected chi connectivity index (χ0v) is 15.7. The Kier molecular flexibility index (Phi) is 7.24. The minimum absolute atomic E-state index is 0.182. The molecule has 29 heavy (non-hydrogen) atoms. The number of carbonyl (C=O) groups excluding carboxylic acids is 2. The fourth-order valence-corrected chi connectivity index (χ4v) is 2.27. The highest BCUT2D eigenvalue weighted by Gasteiger charge is 2.30.